The quantitative estimate of drug-likeness (QED) is 0.852. The highest BCUT2D eigenvalue weighted by atomic mass is 16.3. The normalized spacial score (nSPS) is 18.6. The van der Waals surface area contributed by atoms with Crippen molar-refractivity contribution in [1.29, 1.82) is 0 Å². The number of allylic oxidation sites excluding steroid dienone is 2. The van der Waals surface area contributed by atoms with E-state index in [2.05, 4.69) is 4.99 Å². The van der Waals surface area contributed by atoms with Gasteiger partial charge < -0.3 is 5.11 Å². The van der Waals surface area contributed by atoms with Gasteiger partial charge in [0.05, 0.1) is 0 Å². The molecule has 0 fully saturated rings. The third-order valence-corrected chi connectivity index (χ3v) is 4.15. The van der Waals surface area contributed by atoms with Crippen molar-refractivity contribution in [3.8, 4) is 0 Å². The van der Waals surface area contributed by atoms with Crippen molar-refractivity contribution in [3.05, 3.63) is 83.1 Å². The minimum Gasteiger partial charge on any atom is -0.511 e. The van der Waals surface area contributed by atoms with Crippen LogP contribution in [0.15, 0.2) is 72.0 Å². The molecule has 2 N–H and O–H groups in total. The number of benzene rings is 2. The van der Waals surface area contributed by atoms with Gasteiger partial charge in [0, 0.05) is 18.4 Å². The van der Waals surface area contributed by atoms with Crippen LogP contribution in [0.1, 0.15) is 29.9 Å². The lowest BCUT2D eigenvalue weighted by molar-refractivity contribution is -0.469. The number of ketones is 1. The van der Waals surface area contributed by atoms with Gasteiger partial charge in [0.15, 0.2) is 18.5 Å². The molecule has 1 aliphatic carbocycles. The number of carbonyl (C=O) groups excluding carboxylic acids is 1. The molecule has 0 heterocycles. The van der Waals surface area contributed by atoms with Gasteiger partial charge >= 0.3 is 0 Å². The van der Waals surface area contributed by atoms with Crippen molar-refractivity contribution >= 4 is 12.0 Å². The Balaban J connectivity index is 1.71. The molecule has 0 bridgehead atoms. The lowest BCUT2D eigenvalue weighted by atomic mass is 9.83. The van der Waals surface area contributed by atoms with Gasteiger partial charge in [-0.25, -0.2) is 4.99 Å². The largest absolute Gasteiger partial charge is 0.511 e. The summed E-state index contributed by atoms with van der Waals surface area (Å²) < 4.78 is 0. The zero-order chi connectivity index (χ0) is 16.1. The molecule has 116 valence electrons. The maximum Gasteiger partial charge on any atom is 0.176 e. The van der Waals surface area contributed by atoms with Gasteiger partial charge in [-0.3, -0.25) is 4.79 Å². The minimum atomic E-state index is -0.0110. The van der Waals surface area contributed by atoms with E-state index in [1.165, 1.54) is 0 Å². The molecule has 0 amide bonds. The van der Waals surface area contributed by atoms with Gasteiger partial charge in [-0.2, -0.15) is 0 Å². The van der Waals surface area contributed by atoms with Crippen molar-refractivity contribution in [2.45, 2.75) is 25.3 Å². The van der Waals surface area contributed by atoms with Crippen LogP contribution in [-0.2, 0) is 11.3 Å². The van der Waals surface area contributed by atoms with E-state index < -0.39 is 0 Å². The first-order chi connectivity index (χ1) is 11.2. The summed E-state index contributed by atoms with van der Waals surface area (Å²) in [6.45, 7) is 0.632. The molecule has 1 atom stereocenters. The summed E-state index contributed by atoms with van der Waals surface area (Å²) in [5.74, 6) is 0.230. The molecule has 0 unspecified atom stereocenters. The van der Waals surface area contributed by atoms with Crippen LogP contribution in [0.2, 0.25) is 0 Å². The van der Waals surface area contributed by atoms with E-state index in [0.717, 1.165) is 11.1 Å². The molecular weight excluding hydrogens is 286 g/mol. The molecule has 0 saturated carbocycles. The number of hydrogen-bond donors (Lipinski definition) is 2. The number of hydrogen-bond acceptors (Lipinski definition) is 2. The third-order valence-electron chi connectivity index (χ3n) is 4.15. The molecule has 0 spiro atoms. The molecule has 3 nitrogen and oxygen atoms in total. The van der Waals surface area contributed by atoms with Crippen molar-refractivity contribution < 1.29 is 14.9 Å². The molecule has 1 aliphatic rings. The van der Waals surface area contributed by atoms with Crippen LogP contribution in [0.3, 0.4) is 0 Å². The first-order valence-corrected chi connectivity index (χ1v) is 7.85. The highest BCUT2D eigenvalue weighted by Gasteiger charge is 2.28. The van der Waals surface area contributed by atoms with E-state index >= 15 is 0 Å². The first-order valence-electron chi connectivity index (χ1n) is 7.85. The lowest BCUT2D eigenvalue weighted by Gasteiger charge is -2.21. The predicted molar refractivity (Wildman–Crippen MR) is 90.3 cm³/mol. The predicted octanol–water partition coefficient (Wildman–Crippen LogP) is 2.30. The Hall–Kier alpha value is -2.68. The first kappa shape index (κ1) is 15.2. The number of Topliss-reactive ketones (excluding diaryl/α,β-unsaturated/α-hetero) is 1. The van der Waals surface area contributed by atoms with Gasteiger partial charge in [-0.05, 0) is 11.5 Å². The van der Waals surface area contributed by atoms with Crippen LogP contribution in [0.4, 0.5) is 0 Å². The fourth-order valence-corrected chi connectivity index (χ4v) is 2.90. The highest BCUT2D eigenvalue weighted by Crippen LogP contribution is 2.32. The maximum absolute atomic E-state index is 12.3. The molecule has 2 aromatic carbocycles. The fourth-order valence-electron chi connectivity index (χ4n) is 2.90. The highest BCUT2D eigenvalue weighted by molar-refractivity contribution is 6.13. The second kappa shape index (κ2) is 7.05. The summed E-state index contributed by atoms with van der Waals surface area (Å²) in [7, 11) is 0. The molecule has 23 heavy (non-hydrogen) atoms. The van der Waals surface area contributed by atoms with Crippen LogP contribution in [0, 0.1) is 0 Å². The van der Waals surface area contributed by atoms with Crippen LogP contribution in [0.5, 0.6) is 0 Å². The summed E-state index contributed by atoms with van der Waals surface area (Å²) in [5, 5.41) is 10.3. The Labute approximate surface area is 136 Å². The van der Waals surface area contributed by atoms with Gasteiger partial charge in [0.2, 0.25) is 0 Å². The van der Waals surface area contributed by atoms with Crippen molar-refractivity contribution in [2.24, 2.45) is 0 Å². The minimum absolute atomic E-state index is 0.0110. The number of rotatable bonds is 4. The van der Waals surface area contributed by atoms with E-state index in [4.69, 9.17) is 0 Å². The summed E-state index contributed by atoms with van der Waals surface area (Å²) in [6.07, 6.45) is 2.59. The molecular formula is C20H20NO2+. The van der Waals surface area contributed by atoms with Crippen LogP contribution >= 0.6 is 0 Å². The van der Waals surface area contributed by atoms with Crippen molar-refractivity contribution in [1.82, 2.24) is 0 Å². The van der Waals surface area contributed by atoms with Crippen molar-refractivity contribution in [3.63, 3.8) is 0 Å². The van der Waals surface area contributed by atoms with E-state index in [0.29, 0.717) is 25.0 Å². The average Bonchev–Trinajstić information content (AvgIpc) is 2.59. The van der Waals surface area contributed by atoms with E-state index in [-0.39, 0.29) is 17.5 Å². The zero-order valence-electron chi connectivity index (χ0n) is 12.9. The Bertz CT molecular complexity index is 733. The van der Waals surface area contributed by atoms with Crippen molar-refractivity contribution in [2.75, 3.05) is 0 Å². The Morgan fingerprint density at radius 1 is 1.00 bits per heavy atom. The number of nitrogens with one attached hydrogen (secondary N) is 1. The van der Waals surface area contributed by atoms with Crippen LogP contribution in [0.25, 0.3) is 0 Å². The van der Waals surface area contributed by atoms with Crippen LogP contribution in [-0.4, -0.2) is 17.1 Å². The van der Waals surface area contributed by atoms with E-state index in [1.54, 1.807) is 6.21 Å². The fraction of sp³-hybridized carbons (Fsp3) is 0.200. The summed E-state index contributed by atoms with van der Waals surface area (Å²) in [6, 6.07) is 19.8. The molecule has 0 aromatic heterocycles. The van der Waals surface area contributed by atoms with Crippen LogP contribution < -0.4 is 4.99 Å². The van der Waals surface area contributed by atoms with Gasteiger partial charge in [-0.15, -0.1) is 0 Å². The standard InChI is InChI=1S/C20H19NO2/c22-19-11-17(16-9-5-2-6-10-16)12-20(23)18(19)14-21-13-15-7-3-1-4-8-15/h1-10,14,17,22H,11-13H2/p+1/t17-/m1/s1. The van der Waals surface area contributed by atoms with Gasteiger partial charge in [0.25, 0.3) is 0 Å². The Morgan fingerprint density at radius 2 is 1.65 bits per heavy atom. The SMILES string of the molecule is O=C1C[C@H](c2ccccc2)CC(O)=C1C=[NH+]Cc1ccccc1. The second-order valence-electron chi connectivity index (χ2n) is 5.81. The molecule has 0 saturated heterocycles. The monoisotopic (exact) mass is 306 g/mol. The maximum atomic E-state index is 12.3. The summed E-state index contributed by atoms with van der Waals surface area (Å²) >= 11 is 0. The lowest BCUT2D eigenvalue weighted by Crippen LogP contribution is -2.67. The number of carbonyl (C=O) groups is 1. The zero-order valence-corrected chi connectivity index (χ0v) is 12.9. The molecule has 0 aliphatic heterocycles. The molecule has 3 rings (SSSR count). The van der Waals surface area contributed by atoms with Gasteiger partial charge in [0.1, 0.15) is 11.3 Å². The number of aliphatic hydroxyl groups is 1. The third kappa shape index (κ3) is 3.75. The van der Waals surface area contributed by atoms with E-state index in [9.17, 15) is 9.90 Å². The Morgan fingerprint density at radius 3 is 2.30 bits per heavy atom. The molecule has 3 heteroatoms. The summed E-state index contributed by atoms with van der Waals surface area (Å²) in [4.78, 5) is 15.5. The smallest absolute Gasteiger partial charge is 0.176 e. The van der Waals surface area contributed by atoms with Gasteiger partial charge in [-0.1, -0.05) is 60.7 Å². The average molecular weight is 306 g/mol. The molecule has 2 aromatic rings. The number of aliphatic hydroxyl groups excluding tert-OH is 1. The van der Waals surface area contributed by atoms with E-state index in [1.807, 2.05) is 60.7 Å². The molecule has 0 radical (unpaired) electrons. The topological polar surface area (TPSA) is 51.3 Å². The second-order valence-corrected chi connectivity index (χ2v) is 5.81. The summed E-state index contributed by atoms with van der Waals surface area (Å²) in [5.41, 5.74) is 2.64. The Kier molecular flexibility index (Phi) is 4.67.